The second-order valence-corrected chi connectivity index (χ2v) is 6.72. The Bertz CT molecular complexity index is 842. The van der Waals surface area contributed by atoms with E-state index in [1.165, 1.54) is 6.08 Å². The number of nitrogens with zero attached hydrogens (tertiary/aromatic N) is 1. The molecule has 0 amide bonds. The lowest BCUT2D eigenvalue weighted by molar-refractivity contribution is 0.104. The molecule has 0 atom stereocenters. The van der Waals surface area contributed by atoms with E-state index in [-0.39, 0.29) is 5.78 Å². The molecule has 148 valence electrons. The number of ketones is 1. The summed E-state index contributed by atoms with van der Waals surface area (Å²) in [6.07, 6.45) is 3.26. The van der Waals surface area contributed by atoms with E-state index in [1.807, 2.05) is 31.2 Å². The number of hydrogen-bond donors (Lipinski definition) is 0. The van der Waals surface area contributed by atoms with Crippen molar-refractivity contribution in [2.45, 2.75) is 6.92 Å². The van der Waals surface area contributed by atoms with Gasteiger partial charge >= 0.3 is 0 Å². The Labute approximate surface area is 170 Å². The van der Waals surface area contributed by atoms with Crippen molar-refractivity contribution >= 4 is 29.1 Å². The number of rotatable bonds is 7. The molecule has 0 bridgehead atoms. The molecule has 0 unspecified atom stereocenters. The highest BCUT2D eigenvalue weighted by Gasteiger charge is 2.13. The minimum Gasteiger partial charge on any atom is -0.493 e. The third-order valence-corrected chi connectivity index (χ3v) is 4.78. The van der Waals surface area contributed by atoms with E-state index < -0.39 is 0 Å². The van der Waals surface area contributed by atoms with Crippen LogP contribution in [0.1, 0.15) is 22.8 Å². The molecule has 1 saturated heterocycles. The van der Waals surface area contributed by atoms with Gasteiger partial charge in [-0.25, -0.2) is 0 Å². The minimum atomic E-state index is -0.0718. The number of hydrogen-bond acceptors (Lipinski definition) is 5. The van der Waals surface area contributed by atoms with Gasteiger partial charge in [0.15, 0.2) is 17.3 Å². The lowest BCUT2D eigenvalue weighted by atomic mass is 10.1. The first-order valence-corrected chi connectivity index (χ1v) is 9.65. The molecule has 1 fully saturated rings. The maximum absolute atomic E-state index is 12.5. The van der Waals surface area contributed by atoms with Crippen LogP contribution in [-0.2, 0) is 4.74 Å². The fraction of sp³-hybridized carbons (Fsp3) is 0.318. The molecule has 6 heteroatoms. The summed E-state index contributed by atoms with van der Waals surface area (Å²) in [5.74, 6) is 0.975. The zero-order valence-corrected chi connectivity index (χ0v) is 16.9. The molecule has 0 aromatic heterocycles. The second kappa shape index (κ2) is 9.62. The van der Waals surface area contributed by atoms with Gasteiger partial charge in [-0.3, -0.25) is 4.79 Å². The summed E-state index contributed by atoms with van der Waals surface area (Å²) in [5.41, 5.74) is 2.51. The van der Waals surface area contributed by atoms with Crippen LogP contribution in [0.3, 0.4) is 0 Å². The SMILES string of the molecule is CCOc1c(Cl)cc(/C=C/C(=O)c2ccc(N3CCOCC3)cc2)cc1OC. The zero-order chi connectivity index (χ0) is 19.9. The maximum Gasteiger partial charge on any atom is 0.185 e. The van der Waals surface area contributed by atoms with Gasteiger partial charge in [0, 0.05) is 24.3 Å². The molecular formula is C22H24ClNO4. The average molecular weight is 402 g/mol. The summed E-state index contributed by atoms with van der Waals surface area (Å²) in [5, 5.41) is 0.447. The summed E-state index contributed by atoms with van der Waals surface area (Å²) in [7, 11) is 1.56. The monoisotopic (exact) mass is 401 g/mol. The van der Waals surface area contributed by atoms with Crippen LogP contribution in [0.4, 0.5) is 5.69 Å². The summed E-state index contributed by atoms with van der Waals surface area (Å²) in [6.45, 7) is 5.58. The van der Waals surface area contributed by atoms with Gasteiger partial charge < -0.3 is 19.1 Å². The van der Waals surface area contributed by atoms with E-state index in [0.29, 0.717) is 28.7 Å². The number of morpholine rings is 1. The Morgan fingerprint density at radius 3 is 2.57 bits per heavy atom. The third kappa shape index (κ3) is 4.86. The molecule has 0 radical (unpaired) electrons. The van der Waals surface area contributed by atoms with Crippen LogP contribution in [0.25, 0.3) is 6.08 Å². The van der Waals surface area contributed by atoms with E-state index in [2.05, 4.69) is 4.90 Å². The van der Waals surface area contributed by atoms with Crippen molar-refractivity contribution in [3.63, 3.8) is 0 Å². The first-order valence-electron chi connectivity index (χ1n) is 9.28. The molecule has 0 aliphatic carbocycles. The fourth-order valence-corrected chi connectivity index (χ4v) is 3.32. The first-order chi connectivity index (χ1) is 13.6. The number of anilines is 1. The molecule has 0 N–H and O–H groups in total. The molecule has 3 rings (SSSR count). The van der Waals surface area contributed by atoms with E-state index in [0.717, 1.165) is 37.6 Å². The van der Waals surface area contributed by atoms with Crippen LogP contribution in [-0.4, -0.2) is 45.8 Å². The van der Waals surface area contributed by atoms with Gasteiger partial charge in [-0.05, 0) is 55.0 Å². The van der Waals surface area contributed by atoms with Crippen molar-refractivity contribution in [1.82, 2.24) is 0 Å². The lowest BCUT2D eigenvalue weighted by Crippen LogP contribution is -2.36. The quantitative estimate of drug-likeness (QED) is 0.505. The van der Waals surface area contributed by atoms with Gasteiger partial charge in [-0.2, -0.15) is 0 Å². The van der Waals surface area contributed by atoms with Crippen LogP contribution >= 0.6 is 11.6 Å². The highest BCUT2D eigenvalue weighted by molar-refractivity contribution is 6.32. The van der Waals surface area contributed by atoms with Crippen molar-refractivity contribution in [3.05, 3.63) is 58.6 Å². The van der Waals surface area contributed by atoms with Crippen LogP contribution in [0, 0.1) is 0 Å². The molecule has 0 spiro atoms. The fourth-order valence-electron chi connectivity index (χ4n) is 3.05. The van der Waals surface area contributed by atoms with Crippen LogP contribution in [0.15, 0.2) is 42.5 Å². The van der Waals surface area contributed by atoms with Crippen molar-refractivity contribution in [2.24, 2.45) is 0 Å². The minimum absolute atomic E-state index is 0.0718. The summed E-state index contributed by atoms with van der Waals surface area (Å²) >= 11 is 6.28. The number of methoxy groups -OCH3 is 1. The number of carbonyl (C=O) groups is 1. The first kappa shape index (κ1) is 20.2. The smallest absolute Gasteiger partial charge is 0.185 e. The summed E-state index contributed by atoms with van der Waals surface area (Å²) < 4.78 is 16.2. The summed E-state index contributed by atoms with van der Waals surface area (Å²) in [6, 6.07) is 11.2. The highest BCUT2D eigenvalue weighted by Crippen LogP contribution is 2.36. The lowest BCUT2D eigenvalue weighted by Gasteiger charge is -2.28. The van der Waals surface area contributed by atoms with Gasteiger partial charge in [0.05, 0.1) is 32.0 Å². The Balaban J connectivity index is 1.71. The number of allylic oxidation sites excluding steroid dienone is 1. The van der Waals surface area contributed by atoms with E-state index in [1.54, 1.807) is 25.3 Å². The molecule has 5 nitrogen and oxygen atoms in total. The number of benzene rings is 2. The van der Waals surface area contributed by atoms with E-state index >= 15 is 0 Å². The number of carbonyl (C=O) groups excluding carboxylic acids is 1. The predicted octanol–water partition coefficient (Wildman–Crippen LogP) is 4.48. The largest absolute Gasteiger partial charge is 0.493 e. The maximum atomic E-state index is 12.5. The Hall–Kier alpha value is -2.50. The number of ether oxygens (including phenoxy) is 3. The van der Waals surface area contributed by atoms with Gasteiger partial charge in [0.25, 0.3) is 0 Å². The standard InChI is InChI=1S/C22H24ClNO4/c1-3-28-22-19(23)14-16(15-21(22)26-2)4-9-20(25)17-5-7-18(8-6-17)24-10-12-27-13-11-24/h4-9,14-15H,3,10-13H2,1-2H3/b9-4+. The van der Waals surface area contributed by atoms with Crippen LogP contribution < -0.4 is 14.4 Å². The van der Waals surface area contributed by atoms with Crippen molar-refractivity contribution in [3.8, 4) is 11.5 Å². The van der Waals surface area contributed by atoms with E-state index in [9.17, 15) is 4.79 Å². The normalized spacial score (nSPS) is 14.3. The summed E-state index contributed by atoms with van der Waals surface area (Å²) in [4.78, 5) is 14.8. The average Bonchev–Trinajstić information content (AvgIpc) is 2.74. The molecule has 2 aromatic carbocycles. The predicted molar refractivity (Wildman–Crippen MR) is 112 cm³/mol. The van der Waals surface area contributed by atoms with Crippen molar-refractivity contribution < 1.29 is 19.0 Å². The van der Waals surface area contributed by atoms with Crippen molar-refractivity contribution in [2.75, 3.05) is 44.9 Å². The van der Waals surface area contributed by atoms with Gasteiger partial charge in [0.1, 0.15) is 0 Å². The second-order valence-electron chi connectivity index (χ2n) is 6.31. The Morgan fingerprint density at radius 2 is 1.93 bits per heavy atom. The van der Waals surface area contributed by atoms with Gasteiger partial charge in [-0.15, -0.1) is 0 Å². The molecular weight excluding hydrogens is 378 g/mol. The zero-order valence-electron chi connectivity index (χ0n) is 16.1. The molecule has 1 aliphatic rings. The molecule has 1 aliphatic heterocycles. The van der Waals surface area contributed by atoms with Crippen LogP contribution in [0.5, 0.6) is 11.5 Å². The van der Waals surface area contributed by atoms with Crippen molar-refractivity contribution in [1.29, 1.82) is 0 Å². The third-order valence-electron chi connectivity index (χ3n) is 4.50. The molecule has 0 saturated carbocycles. The van der Waals surface area contributed by atoms with Gasteiger partial charge in [0.2, 0.25) is 0 Å². The topological polar surface area (TPSA) is 48.0 Å². The highest BCUT2D eigenvalue weighted by atomic mass is 35.5. The molecule has 28 heavy (non-hydrogen) atoms. The molecule has 1 heterocycles. The van der Waals surface area contributed by atoms with E-state index in [4.69, 9.17) is 25.8 Å². The van der Waals surface area contributed by atoms with Crippen LogP contribution in [0.2, 0.25) is 5.02 Å². The van der Waals surface area contributed by atoms with Gasteiger partial charge in [-0.1, -0.05) is 17.7 Å². The Kier molecular flexibility index (Phi) is 6.95. The number of halogens is 1. The molecule has 2 aromatic rings. The Morgan fingerprint density at radius 1 is 1.21 bits per heavy atom.